The average Bonchev–Trinajstić information content (AvgIpc) is 2.28. The zero-order valence-corrected chi connectivity index (χ0v) is 8.96. The van der Waals surface area contributed by atoms with Crippen LogP contribution in [0.2, 0.25) is 0 Å². The quantitative estimate of drug-likeness (QED) is 0.661. The summed E-state index contributed by atoms with van der Waals surface area (Å²) in [5.41, 5.74) is 2.42. The normalized spacial score (nSPS) is 28.2. The van der Waals surface area contributed by atoms with Crippen LogP contribution in [0.25, 0.3) is 0 Å². The van der Waals surface area contributed by atoms with E-state index in [0.717, 1.165) is 29.0 Å². The van der Waals surface area contributed by atoms with E-state index in [2.05, 4.69) is 25.9 Å². The molecule has 1 aliphatic heterocycles. The van der Waals surface area contributed by atoms with E-state index in [1.165, 1.54) is 5.70 Å². The molecule has 3 heteroatoms. The summed E-state index contributed by atoms with van der Waals surface area (Å²) in [6.45, 7) is 7.41. The van der Waals surface area contributed by atoms with Crippen molar-refractivity contribution >= 4 is 5.84 Å². The summed E-state index contributed by atoms with van der Waals surface area (Å²) in [5.74, 6) is 1.13. The molecular weight excluding hydrogens is 164 g/mol. The van der Waals surface area contributed by atoms with Gasteiger partial charge in [0.15, 0.2) is 0 Å². The minimum Gasteiger partial charge on any atom is -0.396 e. The topological polar surface area (TPSA) is 32.6 Å². The summed E-state index contributed by atoms with van der Waals surface area (Å²) in [7, 11) is 2.15. The molecule has 0 fully saturated rings. The minimum atomic E-state index is 0.257. The van der Waals surface area contributed by atoms with Crippen LogP contribution in [-0.4, -0.2) is 35.6 Å². The number of rotatable bonds is 3. The predicted molar refractivity (Wildman–Crippen MR) is 54.2 cm³/mol. The fourth-order valence-corrected chi connectivity index (χ4v) is 1.75. The lowest BCUT2D eigenvalue weighted by molar-refractivity contribution is -0.779. The number of aliphatic imine (C=N–C) groups is 1. The van der Waals surface area contributed by atoms with Crippen LogP contribution in [0.3, 0.4) is 0 Å². The molecule has 0 saturated heterocycles. The maximum Gasteiger partial charge on any atom is 0.204 e. The van der Waals surface area contributed by atoms with Crippen LogP contribution in [0, 0.1) is 0 Å². The molecule has 0 spiro atoms. The van der Waals surface area contributed by atoms with Gasteiger partial charge in [0.1, 0.15) is 5.70 Å². The summed E-state index contributed by atoms with van der Waals surface area (Å²) in [6, 6.07) is 0. The van der Waals surface area contributed by atoms with Gasteiger partial charge in [-0.15, -0.1) is 0 Å². The molecule has 0 saturated carbocycles. The van der Waals surface area contributed by atoms with Crippen LogP contribution in [0.1, 0.15) is 27.2 Å². The van der Waals surface area contributed by atoms with Crippen molar-refractivity contribution in [3.05, 3.63) is 11.4 Å². The predicted octanol–water partition coefficient (Wildman–Crippen LogP) is 1.50. The maximum atomic E-state index is 8.81. The van der Waals surface area contributed by atoms with Crippen LogP contribution in [0.15, 0.2) is 16.4 Å². The van der Waals surface area contributed by atoms with Gasteiger partial charge in [-0.25, -0.2) is 0 Å². The Hall–Kier alpha value is -0.670. The highest BCUT2D eigenvalue weighted by Crippen LogP contribution is 2.27. The van der Waals surface area contributed by atoms with E-state index in [9.17, 15) is 0 Å². The van der Waals surface area contributed by atoms with Crippen molar-refractivity contribution in [3.63, 3.8) is 0 Å². The molecule has 1 aliphatic rings. The highest BCUT2D eigenvalue weighted by atomic mass is 16.3. The Balaban J connectivity index is 2.84. The van der Waals surface area contributed by atoms with Crippen molar-refractivity contribution in [1.82, 2.24) is 0 Å². The molecule has 0 amide bonds. The highest BCUT2D eigenvalue weighted by Gasteiger charge is 2.34. The van der Waals surface area contributed by atoms with Gasteiger partial charge in [0.2, 0.25) is 5.84 Å². The number of quaternary nitrogens is 1. The Bertz CT molecular complexity index is 268. The number of aliphatic hydroxyl groups is 1. The Morgan fingerprint density at radius 2 is 1.92 bits per heavy atom. The van der Waals surface area contributed by atoms with Crippen molar-refractivity contribution in [3.8, 4) is 0 Å². The van der Waals surface area contributed by atoms with Crippen molar-refractivity contribution in [2.24, 2.45) is 4.99 Å². The first-order valence-corrected chi connectivity index (χ1v) is 4.72. The average molecular weight is 183 g/mol. The second-order valence-electron chi connectivity index (χ2n) is 3.82. The van der Waals surface area contributed by atoms with Gasteiger partial charge in [-0.2, -0.15) is 4.99 Å². The van der Waals surface area contributed by atoms with Gasteiger partial charge >= 0.3 is 0 Å². The number of hydrogen-bond acceptors (Lipinski definition) is 2. The first kappa shape index (κ1) is 10.4. The van der Waals surface area contributed by atoms with E-state index in [0.29, 0.717) is 0 Å². The molecule has 0 bridgehead atoms. The first-order chi connectivity index (χ1) is 6.02. The van der Waals surface area contributed by atoms with Crippen LogP contribution in [-0.2, 0) is 0 Å². The third kappa shape index (κ3) is 1.67. The molecule has 1 atom stereocenters. The van der Waals surface area contributed by atoms with Gasteiger partial charge in [-0.05, 0) is 6.92 Å². The molecule has 1 rings (SSSR count). The van der Waals surface area contributed by atoms with E-state index < -0.39 is 0 Å². The first-order valence-electron chi connectivity index (χ1n) is 4.72. The molecular formula is C10H19N2O+. The number of nitrogens with zero attached hydrogens (tertiary/aromatic N) is 2. The van der Waals surface area contributed by atoms with Gasteiger partial charge in [-0.3, -0.25) is 4.48 Å². The SMILES string of the molecule is CC1=NC(C)=C(C)[N+]1(C)CCCO. The highest BCUT2D eigenvalue weighted by molar-refractivity contribution is 5.77. The monoisotopic (exact) mass is 183 g/mol. The molecule has 13 heavy (non-hydrogen) atoms. The summed E-state index contributed by atoms with van der Waals surface area (Å²) >= 11 is 0. The lowest BCUT2D eigenvalue weighted by Gasteiger charge is -2.29. The Labute approximate surface area is 80.0 Å². The number of amidine groups is 1. The molecule has 0 aromatic rings. The second-order valence-corrected chi connectivity index (χ2v) is 3.82. The zero-order valence-electron chi connectivity index (χ0n) is 8.96. The van der Waals surface area contributed by atoms with Gasteiger partial charge in [0.05, 0.1) is 19.3 Å². The third-order valence-electron chi connectivity index (χ3n) is 3.07. The molecule has 3 nitrogen and oxygen atoms in total. The van der Waals surface area contributed by atoms with Crippen molar-refractivity contribution in [2.45, 2.75) is 27.2 Å². The molecule has 0 aliphatic carbocycles. The maximum absolute atomic E-state index is 8.81. The summed E-state index contributed by atoms with van der Waals surface area (Å²) in [6.07, 6.45) is 0.827. The van der Waals surface area contributed by atoms with Gasteiger partial charge in [0.25, 0.3) is 0 Å². The van der Waals surface area contributed by atoms with E-state index in [1.807, 2.05) is 6.92 Å². The standard InChI is InChI=1S/C10H19N2O/c1-8-9(2)12(4,6-5-7-13)10(3)11-8/h13H,5-7H2,1-4H3/q+1. The van der Waals surface area contributed by atoms with E-state index in [4.69, 9.17) is 5.11 Å². The van der Waals surface area contributed by atoms with Crippen LogP contribution in [0.5, 0.6) is 0 Å². The largest absolute Gasteiger partial charge is 0.396 e. The van der Waals surface area contributed by atoms with Crippen molar-refractivity contribution in [2.75, 3.05) is 20.2 Å². The van der Waals surface area contributed by atoms with Crippen LogP contribution >= 0.6 is 0 Å². The Morgan fingerprint density at radius 3 is 2.31 bits per heavy atom. The van der Waals surface area contributed by atoms with E-state index in [-0.39, 0.29) is 6.61 Å². The lowest BCUT2D eigenvalue weighted by Crippen LogP contribution is -2.45. The van der Waals surface area contributed by atoms with E-state index in [1.54, 1.807) is 0 Å². The zero-order chi connectivity index (χ0) is 10.1. The van der Waals surface area contributed by atoms with Crippen molar-refractivity contribution < 1.29 is 9.59 Å². The summed E-state index contributed by atoms with van der Waals surface area (Å²) in [4.78, 5) is 4.46. The third-order valence-corrected chi connectivity index (χ3v) is 3.07. The molecule has 0 aromatic heterocycles. The van der Waals surface area contributed by atoms with Gasteiger partial charge in [-0.1, -0.05) is 0 Å². The fraction of sp³-hybridized carbons (Fsp3) is 0.700. The van der Waals surface area contributed by atoms with Gasteiger partial charge < -0.3 is 5.11 Å². The Kier molecular flexibility index (Phi) is 2.88. The smallest absolute Gasteiger partial charge is 0.204 e. The van der Waals surface area contributed by atoms with E-state index >= 15 is 0 Å². The van der Waals surface area contributed by atoms with Gasteiger partial charge in [0, 0.05) is 26.9 Å². The van der Waals surface area contributed by atoms with Crippen molar-refractivity contribution in [1.29, 1.82) is 0 Å². The number of allylic oxidation sites excluding steroid dienone is 2. The molecule has 0 radical (unpaired) electrons. The Morgan fingerprint density at radius 1 is 1.31 bits per heavy atom. The lowest BCUT2D eigenvalue weighted by atomic mass is 10.2. The molecule has 1 unspecified atom stereocenters. The molecule has 0 aromatic carbocycles. The van der Waals surface area contributed by atoms with Crippen LogP contribution < -0.4 is 0 Å². The minimum absolute atomic E-state index is 0.257. The molecule has 1 N–H and O–H groups in total. The molecule has 74 valence electrons. The van der Waals surface area contributed by atoms with Crippen LogP contribution in [0.4, 0.5) is 0 Å². The summed E-state index contributed by atoms with van der Waals surface area (Å²) < 4.78 is 0.784. The molecule has 1 heterocycles. The second kappa shape index (κ2) is 3.60. The summed E-state index contributed by atoms with van der Waals surface area (Å²) in [5, 5.41) is 8.81. The number of aliphatic hydroxyl groups excluding tert-OH is 1. The fourth-order valence-electron chi connectivity index (χ4n) is 1.75. The number of hydrogen-bond donors (Lipinski definition) is 1.